The standard InChI is InChI=1S/C6H4Br2N2O/c7-4-2-1-9-6(11)3(2)5(8)10-4/h10H,1H2,(H,9,11). The SMILES string of the molecule is O=C1NCc2c(Br)[nH]c(Br)c21. The largest absolute Gasteiger partial charge is 0.348 e. The molecule has 2 rings (SSSR count). The molecule has 1 aromatic heterocycles. The molecule has 5 heteroatoms. The summed E-state index contributed by atoms with van der Waals surface area (Å²) in [5.41, 5.74) is 1.72. The molecule has 0 fully saturated rings. The van der Waals surface area contributed by atoms with E-state index in [0.29, 0.717) is 6.54 Å². The lowest BCUT2D eigenvalue weighted by Gasteiger charge is -1.90. The summed E-state index contributed by atoms with van der Waals surface area (Å²) in [7, 11) is 0. The van der Waals surface area contributed by atoms with Crippen molar-refractivity contribution in [3.63, 3.8) is 0 Å². The summed E-state index contributed by atoms with van der Waals surface area (Å²) >= 11 is 6.58. The molecule has 1 aliphatic heterocycles. The van der Waals surface area contributed by atoms with Gasteiger partial charge in [-0.05, 0) is 31.9 Å². The van der Waals surface area contributed by atoms with E-state index < -0.39 is 0 Å². The first kappa shape index (κ1) is 7.36. The van der Waals surface area contributed by atoms with E-state index in [1.54, 1.807) is 0 Å². The molecule has 1 aromatic rings. The minimum Gasteiger partial charge on any atom is -0.348 e. The van der Waals surface area contributed by atoms with Gasteiger partial charge < -0.3 is 10.3 Å². The number of H-pyrrole nitrogens is 1. The number of hydrogen-bond donors (Lipinski definition) is 2. The molecule has 2 N–H and O–H groups in total. The number of amides is 1. The Kier molecular flexibility index (Phi) is 1.57. The van der Waals surface area contributed by atoms with E-state index in [4.69, 9.17) is 0 Å². The zero-order valence-corrected chi connectivity index (χ0v) is 8.54. The van der Waals surface area contributed by atoms with Crippen LogP contribution in [0.2, 0.25) is 0 Å². The predicted molar refractivity (Wildman–Crippen MR) is 47.4 cm³/mol. The van der Waals surface area contributed by atoms with Gasteiger partial charge in [-0.1, -0.05) is 0 Å². The molecule has 3 nitrogen and oxygen atoms in total. The molecule has 0 aliphatic carbocycles. The van der Waals surface area contributed by atoms with E-state index >= 15 is 0 Å². The van der Waals surface area contributed by atoms with Gasteiger partial charge >= 0.3 is 0 Å². The number of aromatic nitrogens is 1. The van der Waals surface area contributed by atoms with Crippen LogP contribution in [0.15, 0.2) is 9.21 Å². The minimum absolute atomic E-state index is 0.0196. The van der Waals surface area contributed by atoms with Crippen molar-refractivity contribution >= 4 is 37.8 Å². The van der Waals surface area contributed by atoms with Crippen LogP contribution in [0.1, 0.15) is 15.9 Å². The van der Waals surface area contributed by atoms with Gasteiger partial charge in [-0.15, -0.1) is 0 Å². The molecule has 58 valence electrons. The van der Waals surface area contributed by atoms with Gasteiger partial charge in [0.2, 0.25) is 0 Å². The highest BCUT2D eigenvalue weighted by molar-refractivity contribution is 9.11. The molecule has 0 saturated heterocycles. The lowest BCUT2D eigenvalue weighted by molar-refractivity contribution is 0.0965. The fraction of sp³-hybridized carbons (Fsp3) is 0.167. The number of hydrogen-bond acceptors (Lipinski definition) is 1. The molecule has 0 spiro atoms. The van der Waals surface area contributed by atoms with Gasteiger partial charge in [0, 0.05) is 12.1 Å². The number of halogens is 2. The summed E-state index contributed by atoms with van der Waals surface area (Å²) < 4.78 is 1.62. The fourth-order valence-corrected chi connectivity index (χ4v) is 2.56. The number of nitrogens with one attached hydrogen (secondary N) is 2. The Morgan fingerprint density at radius 1 is 1.27 bits per heavy atom. The number of carbonyl (C=O) groups excluding carboxylic acids is 1. The van der Waals surface area contributed by atoms with Gasteiger partial charge in [-0.2, -0.15) is 0 Å². The van der Waals surface area contributed by atoms with Crippen molar-refractivity contribution in [3.05, 3.63) is 20.3 Å². The fourth-order valence-electron chi connectivity index (χ4n) is 1.14. The van der Waals surface area contributed by atoms with E-state index in [9.17, 15) is 4.79 Å². The lowest BCUT2D eigenvalue weighted by Crippen LogP contribution is -2.13. The third-order valence-electron chi connectivity index (χ3n) is 1.66. The molecule has 11 heavy (non-hydrogen) atoms. The van der Waals surface area contributed by atoms with Gasteiger partial charge in [-0.25, -0.2) is 0 Å². The zero-order valence-electron chi connectivity index (χ0n) is 5.37. The molecule has 0 unspecified atom stereocenters. The van der Waals surface area contributed by atoms with E-state index in [-0.39, 0.29) is 5.91 Å². The van der Waals surface area contributed by atoms with Crippen LogP contribution in [0, 0.1) is 0 Å². The monoisotopic (exact) mass is 278 g/mol. The maximum absolute atomic E-state index is 11.1. The van der Waals surface area contributed by atoms with Gasteiger partial charge in [0.15, 0.2) is 0 Å². The van der Waals surface area contributed by atoms with Crippen molar-refractivity contribution in [1.29, 1.82) is 0 Å². The summed E-state index contributed by atoms with van der Waals surface area (Å²) in [6.45, 7) is 0.608. The maximum Gasteiger partial charge on any atom is 0.254 e. The summed E-state index contributed by atoms with van der Waals surface area (Å²) in [4.78, 5) is 14.1. The van der Waals surface area contributed by atoms with Crippen LogP contribution in [0.3, 0.4) is 0 Å². The summed E-state index contributed by atoms with van der Waals surface area (Å²) in [6, 6.07) is 0. The Morgan fingerprint density at radius 3 is 2.64 bits per heavy atom. The van der Waals surface area contributed by atoms with Crippen molar-refractivity contribution in [3.8, 4) is 0 Å². The van der Waals surface area contributed by atoms with Crippen molar-refractivity contribution in [2.24, 2.45) is 0 Å². The average molecular weight is 280 g/mol. The summed E-state index contributed by atoms with van der Waals surface area (Å²) in [6.07, 6.45) is 0. The molecule has 1 aliphatic rings. The first-order valence-electron chi connectivity index (χ1n) is 3.04. The number of carbonyl (C=O) groups is 1. The molecule has 1 amide bonds. The predicted octanol–water partition coefficient (Wildman–Crippen LogP) is 1.78. The highest BCUT2D eigenvalue weighted by atomic mass is 79.9. The second-order valence-corrected chi connectivity index (χ2v) is 3.88. The number of fused-ring (bicyclic) bond motifs is 1. The van der Waals surface area contributed by atoms with Crippen LogP contribution in [0.5, 0.6) is 0 Å². The van der Waals surface area contributed by atoms with Crippen LogP contribution >= 0.6 is 31.9 Å². The number of aromatic amines is 1. The van der Waals surface area contributed by atoms with Crippen molar-refractivity contribution in [2.45, 2.75) is 6.54 Å². The second-order valence-electron chi connectivity index (χ2n) is 2.29. The van der Waals surface area contributed by atoms with Gasteiger partial charge in [0.25, 0.3) is 5.91 Å². The van der Waals surface area contributed by atoms with Gasteiger partial charge in [-0.3, -0.25) is 4.79 Å². The Bertz CT molecular complexity index is 332. The quantitative estimate of drug-likeness (QED) is 0.747. The summed E-state index contributed by atoms with van der Waals surface area (Å²) in [5.74, 6) is -0.0196. The molecule has 0 aromatic carbocycles. The molecular formula is C6H4Br2N2O. The van der Waals surface area contributed by atoms with E-state index in [0.717, 1.165) is 20.3 Å². The van der Waals surface area contributed by atoms with Gasteiger partial charge in [0.05, 0.1) is 14.8 Å². The molecule has 0 bridgehead atoms. The topological polar surface area (TPSA) is 44.9 Å². The Balaban J connectivity index is 2.69. The van der Waals surface area contributed by atoms with Crippen molar-refractivity contribution in [2.75, 3.05) is 0 Å². The van der Waals surface area contributed by atoms with E-state index in [2.05, 4.69) is 42.2 Å². The Labute approximate surface area is 79.8 Å². The molecule has 0 saturated carbocycles. The first-order valence-corrected chi connectivity index (χ1v) is 4.63. The van der Waals surface area contributed by atoms with Crippen molar-refractivity contribution in [1.82, 2.24) is 10.3 Å². The van der Waals surface area contributed by atoms with Gasteiger partial charge in [0.1, 0.15) is 0 Å². The molecular weight excluding hydrogens is 276 g/mol. The maximum atomic E-state index is 11.1. The highest BCUT2D eigenvalue weighted by Crippen LogP contribution is 2.30. The van der Waals surface area contributed by atoms with Crippen LogP contribution in [-0.4, -0.2) is 10.9 Å². The molecule has 0 radical (unpaired) electrons. The van der Waals surface area contributed by atoms with Crippen LogP contribution in [0.4, 0.5) is 0 Å². The zero-order chi connectivity index (χ0) is 8.01. The lowest BCUT2D eigenvalue weighted by atomic mass is 10.2. The normalized spacial score (nSPS) is 14.9. The van der Waals surface area contributed by atoms with Crippen LogP contribution in [-0.2, 0) is 6.54 Å². The Morgan fingerprint density at radius 2 is 2.00 bits per heavy atom. The molecule has 0 atom stereocenters. The van der Waals surface area contributed by atoms with Crippen LogP contribution < -0.4 is 5.32 Å². The summed E-state index contributed by atoms with van der Waals surface area (Å²) in [5, 5.41) is 2.73. The Hall–Kier alpha value is -0.290. The second kappa shape index (κ2) is 2.35. The molecule has 2 heterocycles. The third kappa shape index (κ3) is 0.945. The smallest absolute Gasteiger partial charge is 0.254 e. The van der Waals surface area contributed by atoms with Crippen LogP contribution in [0.25, 0.3) is 0 Å². The highest BCUT2D eigenvalue weighted by Gasteiger charge is 2.26. The van der Waals surface area contributed by atoms with E-state index in [1.165, 1.54) is 0 Å². The third-order valence-corrected chi connectivity index (χ3v) is 2.93. The first-order chi connectivity index (χ1) is 5.20. The van der Waals surface area contributed by atoms with E-state index in [1.807, 2.05) is 0 Å². The van der Waals surface area contributed by atoms with Crippen molar-refractivity contribution < 1.29 is 4.79 Å². The average Bonchev–Trinajstić information content (AvgIpc) is 2.41. The minimum atomic E-state index is -0.0196. The number of rotatable bonds is 0.